The van der Waals surface area contributed by atoms with Crippen LogP contribution in [-0.2, 0) is 44.9 Å². The largest absolute Gasteiger partial charge is 0.462 e. The van der Waals surface area contributed by atoms with Crippen molar-refractivity contribution in [1.29, 1.82) is 0 Å². The summed E-state index contributed by atoms with van der Waals surface area (Å²) in [7, 11) is 4.80. The number of nitrogens with one attached hydrogen (secondary N) is 1. The summed E-state index contributed by atoms with van der Waals surface area (Å²) in [5, 5.41) is 36.5. The van der Waals surface area contributed by atoms with Crippen molar-refractivity contribution < 1.29 is 51.5 Å². The summed E-state index contributed by atoms with van der Waals surface area (Å²) in [4.78, 5) is 21.6. The molecule has 1 unspecified atom stereocenters. The smallest absolute Gasteiger partial charge is 0.309 e. The van der Waals surface area contributed by atoms with E-state index >= 15 is 4.39 Å². The third kappa shape index (κ3) is 15.6. The summed E-state index contributed by atoms with van der Waals surface area (Å²) in [6.45, 7) is 27.3. The fourth-order valence-corrected chi connectivity index (χ4v) is 15.4. The molecule has 3 N–H and O–H groups in total. The van der Waals surface area contributed by atoms with Gasteiger partial charge in [0.1, 0.15) is 24.9 Å². The normalized spacial score (nSPS) is 36.9. The molecule has 5 aliphatic heterocycles. The van der Waals surface area contributed by atoms with Gasteiger partial charge in [0.05, 0.1) is 71.1 Å². The summed E-state index contributed by atoms with van der Waals surface area (Å²) in [5.74, 6) is -1.29. The summed E-state index contributed by atoms with van der Waals surface area (Å²) in [6, 6.07) is 7.17. The summed E-state index contributed by atoms with van der Waals surface area (Å²) in [6.07, 6.45) is 3.37. The number of aromatic nitrogens is 3. The Morgan fingerprint density at radius 1 is 0.988 bits per heavy atom. The number of carbonyl (C=O) groups excluding carboxylic acids is 1. The molecule has 2 aromatic rings. The molecule has 6 heterocycles. The highest BCUT2D eigenvalue weighted by molar-refractivity contribution is 7.91. The molecule has 21 heteroatoms. The van der Waals surface area contributed by atoms with Crippen molar-refractivity contribution in [2.45, 2.75) is 201 Å². The van der Waals surface area contributed by atoms with Crippen LogP contribution in [0.25, 0.3) is 5.69 Å². The number of hydrogen-bond acceptors (Lipinski definition) is 18. The fourth-order valence-electron chi connectivity index (χ4n) is 14.1. The lowest BCUT2D eigenvalue weighted by molar-refractivity contribution is -0.270. The van der Waals surface area contributed by atoms with Gasteiger partial charge in [0, 0.05) is 95.0 Å². The molecule has 7 rings (SSSR count). The van der Waals surface area contributed by atoms with Crippen LogP contribution < -0.4 is 5.53 Å². The highest BCUT2D eigenvalue weighted by Crippen LogP contribution is 2.45. The molecule has 5 aliphatic rings. The van der Waals surface area contributed by atoms with Crippen LogP contribution in [0.1, 0.15) is 139 Å². The van der Waals surface area contributed by atoms with E-state index in [1.807, 2.05) is 76.4 Å². The van der Waals surface area contributed by atoms with E-state index in [9.17, 15) is 23.4 Å². The van der Waals surface area contributed by atoms with Gasteiger partial charge >= 0.3 is 5.97 Å². The van der Waals surface area contributed by atoms with Crippen LogP contribution in [0.5, 0.6) is 0 Å². The molecule has 18 atom stereocenters. The van der Waals surface area contributed by atoms with Crippen LogP contribution in [0, 0.1) is 40.9 Å². The average molecular weight is 1160 g/mol. The first kappa shape index (κ1) is 65.2. The van der Waals surface area contributed by atoms with Crippen molar-refractivity contribution in [3.05, 3.63) is 53.6 Å². The quantitative estimate of drug-likeness (QED) is 0.149. The predicted molar refractivity (Wildman–Crippen MR) is 311 cm³/mol. The van der Waals surface area contributed by atoms with E-state index in [0.29, 0.717) is 58.3 Å². The Labute approximate surface area is 484 Å². The number of cyclic esters (lactones) is 1. The molecule has 4 fully saturated rings. The Hall–Kier alpha value is -3.35. The Morgan fingerprint density at radius 3 is 2.30 bits per heavy atom. The van der Waals surface area contributed by atoms with Gasteiger partial charge in [-0.1, -0.05) is 72.7 Å². The zero-order valence-corrected chi connectivity index (χ0v) is 52.5. The van der Waals surface area contributed by atoms with Gasteiger partial charge in [0.15, 0.2) is 16.1 Å². The van der Waals surface area contributed by atoms with Crippen molar-refractivity contribution in [2.75, 3.05) is 72.6 Å². The van der Waals surface area contributed by atoms with Gasteiger partial charge in [0.2, 0.25) is 0 Å². The van der Waals surface area contributed by atoms with Crippen molar-refractivity contribution in [2.24, 2.45) is 40.9 Å². The molecule has 0 bridgehead atoms. The van der Waals surface area contributed by atoms with E-state index in [1.165, 1.54) is 0 Å². The van der Waals surface area contributed by atoms with Gasteiger partial charge in [-0.15, -0.1) is 10.6 Å². The standard InChI is InChI=1S/C60H102FN9O10S/c1-17-52-59(10,11)42(7)43(8)66(14)33-37(2)31-60(12,73)57(40(5)54(41(6)58(72)79-52)51-28-38(3)55(71)44(9)78-51)80-53-30-49(29-39(4)77-53)65(13)23-22-48-36-70(64-67(48)15)50(32-61)56(76-16)45-18-20-47(21-19-45)69-35-46(62-63-69)34-68-24-26-81(74,75)27-25-68/h18-21,35-44,49-57,64,71,73H,17,22-34H2,1-16H3/t37-,38+,39-,40+,41-,42-,43-,44+,49+,50-,51-,52-,53+,54?,55-,56-,57-,60-/m1/s1. The molecule has 0 aliphatic carbocycles. The first-order chi connectivity index (χ1) is 38.1. The second-order valence-electron chi connectivity index (χ2n) is 26.1. The summed E-state index contributed by atoms with van der Waals surface area (Å²) in [5.41, 5.74) is 4.95. The number of benzene rings is 1. The molecule has 1 aromatic carbocycles. The lowest BCUT2D eigenvalue weighted by atomic mass is 9.69. The number of sulfone groups is 1. The van der Waals surface area contributed by atoms with Crippen LogP contribution in [0.2, 0.25) is 0 Å². The van der Waals surface area contributed by atoms with Crippen LogP contribution in [0.4, 0.5) is 4.39 Å². The zero-order chi connectivity index (χ0) is 59.5. The van der Waals surface area contributed by atoms with Crippen molar-refractivity contribution in [1.82, 2.24) is 45.2 Å². The molecule has 0 radical (unpaired) electrons. The van der Waals surface area contributed by atoms with Crippen molar-refractivity contribution in [3.63, 3.8) is 0 Å². The second kappa shape index (κ2) is 27.3. The molecular formula is C60H102FN9O10S. The third-order valence-corrected chi connectivity index (χ3v) is 21.2. The topological polar surface area (TPSA) is 197 Å². The Balaban J connectivity index is 1.05. The monoisotopic (exact) mass is 1160 g/mol. The first-order valence-electron chi connectivity index (χ1n) is 30.1. The average Bonchev–Trinajstić information content (AvgIpc) is 4.18. The zero-order valence-electron chi connectivity index (χ0n) is 51.7. The summed E-state index contributed by atoms with van der Waals surface area (Å²) >= 11 is 0. The number of hydrazine groups is 2. The minimum absolute atomic E-state index is 0.0666. The van der Waals surface area contributed by atoms with Crippen LogP contribution in [-0.4, -0.2) is 204 Å². The van der Waals surface area contributed by atoms with Gasteiger partial charge < -0.3 is 43.7 Å². The highest BCUT2D eigenvalue weighted by atomic mass is 32.2. The van der Waals surface area contributed by atoms with Gasteiger partial charge in [-0.2, -0.15) is 0 Å². The molecule has 0 spiro atoms. The summed E-state index contributed by atoms with van der Waals surface area (Å²) < 4.78 is 74.0. The SMILES string of the molecule is CC[C@H]1OC(=O)[C@H](C)C([C@H]2C[C@H](C)[C@@H](O)[C@H](C)O2)[C@H](C)[C@@H](O[C@H]2C[C@@H](N(C)CCC3=CN([C@H](CF)[C@H](OC)c4ccc(-n5cc(CN6CCS(=O)(=O)CC6)nn5)cc4)NN3C)C[C@@H](C)O2)[C@](C)(O)C[C@@H](C)CN(C)[C@H](C)[C@@H](C)C1(C)C. The molecule has 19 nitrogen and oxygen atoms in total. The van der Waals surface area contributed by atoms with Gasteiger partial charge in [-0.3, -0.25) is 19.7 Å². The molecule has 460 valence electrons. The lowest BCUT2D eigenvalue weighted by Crippen LogP contribution is -2.56. The maximum absolute atomic E-state index is 15.3. The Morgan fingerprint density at radius 2 is 1.67 bits per heavy atom. The highest BCUT2D eigenvalue weighted by Gasteiger charge is 2.51. The Bertz CT molecular complexity index is 2460. The lowest BCUT2D eigenvalue weighted by Gasteiger charge is -2.49. The third-order valence-electron chi connectivity index (χ3n) is 19.6. The number of halogens is 1. The number of aliphatic hydroxyl groups excluding tert-OH is 1. The fraction of sp³-hybridized carbons (Fsp3) is 0.817. The number of alkyl halides is 1. The molecule has 1 aromatic heterocycles. The number of ether oxygens (including phenoxy) is 5. The van der Waals surface area contributed by atoms with Gasteiger partial charge in [0.25, 0.3) is 0 Å². The number of nitrogens with zero attached hydrogens (tertiary/aromatic N) is 8. The number of rotatable bonds is 16. The van der Waals surface area contributed by atoms with Gasteiger partial charge in [-0.05, 0) is 109 Å². The van der Waals surface area contributed by atoms with Crippen LogP contribution in [0.3, 0.4) is 0 Å². The Kier molecular flexibility index (Phi) is 22.0. The maximum atomic E-state index is 15.3. The van der Waals surface area contributed by atoms with E-state index in [0.717, 1.165) is 35.6 Å². The molecule has 81 heavy (non-hydrogen) atoms. The number of carbonyl (C=O) groups is 1. The molecule has 0 saturated carbocycles. The van der Waals surface area contributed by atoms with Crippen LogP contribution >= 0.6 is 0 Å². The second-order valence-corrected chi connectivity index (χ2v) is 28.4. The number of esters is 1. The van der Waals surface area contributed by atoms with E-state index in [2.05, 4.69) is 100 Å². The molecule has 0 amide bonds. The first-order valence-corrected chi connectivity index (χ1v) is 31.9. The number of methoxy groups -OCH3 is 1. The van der Waals surface area contributed by atoms with Gasteiger partial charge in [-0.25, -0.2) is 17.5 Å². The minimum atomic E-state index is -2.98. The van der Waals surface area contributed by atoms with Crippen molar-refractivity contribution >= 4 is 15.8 Å². The van der Waals surface area contributed by atoms with Crippen molar-refractivity contribution in [3.8, 4) is 5.69 Å². The number of hydrogen-bond donors (Lipinski definition) is 3. The van der Waals surface area contributed by atoms with Crippen LogP contribution in [0.15, 0.2) is 42.4 Å². The maximum Gasteiger partial charge on any atom is 0.309 e. The van der Waals surface area contributed by atoms with E-state index in [4.69, 9.17) is 23.7 Å². The number of aliphatic hydroxyl groups is 2. The minimum Gasteiger partial charge on any atom is -0.462 e. The predicted octanol–water partition coefficient (Wildman–Crippen LogP) is 6.79. The molecule has 4 saturated heterocycles. The molecular weight excluding hydrogens is 1060 g/mol. The van der Waals surface area contributed by atoms with E-state index in [1.54, 1.807) is 16.8 Å². The van der Waals surface area contributed by atoms with E-state index in [-0.39, 0.29) is 64.9 Å². The van der Waals surface area contributed by atoms with E-state index < -0.39 is 82.7 Å².